The molecule has 0 saturated carbocycles. The standard InChI is InChI=1S/C25H38Cl2N4O6.Na.H/c1-25(2,3)31(18-24(36)37)13-11-29(15-19-20(26)5-4-6-21(19)27)9-7-28(16-22(32)33)8-10-30(12-14-31)17-23(34)35;;/h4-6H,7-18H2,1-3H3,(H2-,32,33,34,35,36,37);;/q;+1;-1. The summed E-state index contributed by atoms with van der Waals surface area (Å²) in [6, 6.07) is 5.29. The first-order valence-corrected chi connectivity index (χ1v) is 13.1. The van der Waals surface area contributed by atoms with Gasteiger partial charge in [0.25, 0.3) is 0 Å². The van der Waals surface area contributed by atoms with E-state index in [-0.39, 0.29) is 55.1 Å². The first kappa shape index (κ1) is 35.1. The van der Waals surface area contributed by atoms with Gasteiger partial charge in [-0.1, -0.05) is 29.3 Å². The third kappa shape index (κ3) is 10.9. The molecule has 1 aromatic carbocycles. The van der Waals surface area contributed by atoms with Gasteiger partial charge in [0.15, 0.2) is 0 Å². The van der Waals surface area contributed by atoms with Gasteiger partial charge in [0.2, 0.25) is 0 Å². The van der Waals surface area contributed by atoms with E-state index in [1.165, 1.54) is 0 Å². The summed E-state index contributed by atoms with van der Waals surface area (Å²) < 4.78 is 0.192. The van der Waals surface area contributed by atoms with Crippen molar-refractivity contribution in [3.05, 3.63) is 33.8 Å². The molecule has 1 atom stereocenters. The molecule has 1 aliphatic rings. The third-order valence-electron chi connectivity index (χ3n) is 7.17. The molecule has 1 aromatic rings. The molecular weight excluding hydrogens is 546 g/mol. The van der Waals surface area contributed by atoms with Crippen LogP contribution < -0.4 is 34.7 Å². The normalized spacial score (nSPS) is 21.1. The molecule has 0 spiro atoms. The van der Waals surface area contributed by atoms with Crippen molar-refractivity contribution in [2.75, 3.05) is 72.0 Å². The SMILES string of the molecule is CC(C)(C)[N+]1(CC(=O)[O-])CCN(CC(=O)O)CCN(CC(=O)O)CCN(Cc2c(Cl)cccc2Cl)CC1.[H-].[Na+]. The molecule has 1 unspecified atom stereocenters. The molecule has 1 heterocycles. The second-order valence-corrected chi connectivity index (χ2v) is 11.4. The van der Waals surface area contributed by atoms with E-state index < -0.39 is 23.4 Å². The summed E-state index contributed by atoms with van der Waals surface area (Å²) in [6.45, 7) is 9.05. The molecule has 10 nitrogen and oxygen atoms in total. The van der Waals surface area contributed by atoms with E-state index in [9.17, 15) is 29.7 Å². The van der Waals surface area contributed by atoms with E-state index in [1.807, 2.05) is 20.8 Å². The smallest absolute Gasteiger partial charge is 1.00 e. The average molecular weight is 586 g/mol. The van der Waals surface area contributed by atoms with Gasteiger partial charge >= 0.3 is 41.5 Å². The number of benzene rings is 1. The number of hydrogen-bond acceptors (Lipinski definition) is 7. The van der Waals surface area contributed by atoms with Gasteiger partial charge in [0.1, 0.15) is 6.54 Å². The maximum Gasteiger partial charge on any atom is 1.00 e. The first-order chi connectivity index (χ1) is 17.2. The summed E-state index contributed by atoms with van der Waals surface area (Å²) in [5, 5.41) is 31.8. The van der Waals surface area contributed by atoms with Crippen LogP contribution in [0.4, 0.5) is 0 Å². The molecule has 1 aliphatic heterocycles. The molecule has 0 radical (unpaired) electrons. The van der Waals surface area contributed by atoms with E-state index in [1.54, 1.807) is 28.0 Å². The predicted molar refractivity (Wildman–Crippen MR) is 141 cm³/mol. The molecule has 0 amide bonds. The Bertz CT molecular complexity index is 951. The summed E-state index contributed by atoms with van der Waals surface area (Å²) in [6.07, 6.45) is 0. The number of quaternary nitrogens is 1. The number of carbonyl (C=O) groups is 3. The molecule has 13 heteroatoms. The van der Waals surface area contributed by atoms with Gasteiger partial charge in [-0.25, -0.2) is 0 Å². The maximum absolute atomic E-state index is 11.9. The Morgan fingerprint density at radius 3 is 1.74 bits per heavy atom. The van der Waals surface area contributed by atoms with Crippen molar-refractivity contribution >= 4 is 41.1 Å². The van der Waals surface area contributed by atoms with Crippen molar-refractivity contribution < 1.29 is 65.2 Å². The van der Waals surface area contributed by atoms with Crippen LogP contribution in [0.2, 0.25) is 10.0 Å². The Labute approximate surface area is 258 Å². The topological polar surface area (TPSA) is 124 Å². The number of halogens is 2. The fourth-order valence-corrected chi connectivity index (χ4v) is 5.27. The minimum absolute atomic E-state index is 0. The fraction of sp³-hybridized carbons (Fsp3) is 0.640. The van der Waals surface area contributed by atoms with Gasteiger partial charge in [-0.15, -0.1) is 0 Å². The number of carboxylic acids is 3. The summed E-state index contributed by atoms with van der Waals surface area (Å²) >= 11 is 12.9. The van der Waals surface area contributed by atoms with E-state index in [2.05, 4.69) is 4.90 Å². The van der Waals surface area contributed by atoms with E-state index >= 15 is 0 Å². The fourth-order valence-electron chi connectivity index (χ4n) is 4.76. The van der Waals surface area contributed by atoms with Crippen LogP contribution in [0.25, 0.3) is 0 Å². The Morgan fingerprint density at radius 1 is 0.895 bits per heavy atom. The Kier molecular flexibility index (Phi) is 14.5. The molecular formula is C25H39Cl2N4NaO6. The molecule has 0 bridgehead atoms. The number of hydrogen-bond donors (Lipinski definition) is 2. The van der Waals surface area contributed by atoms with E-state index in [0.29, 0.717) is 68.9 Å². The second kappa shape index (κ2) is 15.7. The van der Waals surface area contributed by atoms with Gasteiger partial charge in [0, 0.05) is 61.4 Å². The minimum Gasteiger partial charge on any atom is -1.00 e. The number of nitrogens with zero attached hydrogens (tertiary/aromatic N) is 4. The van der Waals surface area contributed by atoms with Crippen LogP contribution in [0.15, 0.2) is 18.2 Å². The van der Waals surface area contributed by atoms with Crippen molar-refractivity contribution in [1.82, 2.24) is 14.7 Å². The van der Waals surface area contributed by atoms with Crippen molar-refractivity contribution in [1.29, 1.82) is 0 Å². The summed E-state index contributed by atoms with van der Waals surface area (Å²) in [4.78, 5) is 40.6. The molecule has 0 aromatic heterocycles. The van der Waals surface area contributed by atoms with Crippen LogP contribution in [-0.4, -0.2) is 125 Å². The number of carboxylic acid groups (broad SMARTS) is 3. The van der Waals surface area contributed by atoms with Crippen LogP contribution in [0.5, 0.6) is 0 Å². The third-order valence-corrected chi connectivity index (χ3v) is 7.88. The molecule has 2 N–H and O–H groups in total. The van der Waals surface area contributed by atoms with Crippen molar-refractivity contribution in [3.8, 4) is 0 Å². The van der Waals surface area contributed by atoms with Crippen molar-refractivity contribution in [2.45, 2.75) is 32.9 Å². The van der Waals surface area contributed by atoms with Crippen LogP contribution in [0.3, 0.4) is 0 Å². The number of carbonyl (C=O) groups excluding carboxylic acids is 1. The zero-order valence-electron chi connectivity index (χ0n) is 23.8. The van der Waals surface area contributed by atoms with Gasteiger partial charge < -0.3 is 26.0 Å². The van der Waals surface area contributed by atoms with Gasteiger partial charge in [-0.2, -0.15) is 0 Å². The summed E-state index contributed by atoms with van der Waals surface area (Å²) in [5.74, 6) is -3.12. The maximum atomic E-state index is 11.9. The average Bonchev–Trinajstić information content (AvgIpc) is 2.75. The molecule has 210 valence electrons. The molecule has 1 fully saturated rings. The van der Waals surface area contributed by atoms with Gasteiger partial charge in [-0.05, 0) is 32.9 Å². The van der Waals surface area contributed by atoms with Crippen LogP contribution in [0, 0.1) is 0 Å². The molecule has 38 heavy (non-hydrogen) atoms. The number of rotatable bonds is 8. The Morgan fingerprint density at radius 2 is 1.32 bits per heavy atom. The van der Waals surface area contributed by atoms with Gasteiger partial charge in [0.05, 0.1) is 37.7 Å². The number of aliphatic carboxylic acids is 3. The van der Waals surface area contributed by atoms with Crippen LogP contribution >= 0.6 is 23.2 Å². The Balaban J connectivity index is 0.00000722. The quantitative estimate of drug-likeness (QED) is 0.265. The summed E-state index contributed by atoms with van der Waals surface area (Å²) in [5.41, 5.74) is 0.284. The predicted octanol–water partition coefficient (Wildman–Crippen LogP) is -1.94. The van der Waals surface area contributed by atoms with Crippen molar-refractivity contribution in [2.24, 2.45) is 0 Å². The largest absolute Gasteiger partial charge is 1.00 e. The zero-order valence-corrected chi connectivity index (χ0v) is 26.3. The molecule has 1 saturated heterocycles. The van der Waals surface area contributed by atoms with Gasteiger partial charge in [-0.3, -0.25) is 24.3 Å². The zero-order chi connectivity index (χ0) is 27.8. The van der Waals surface area contributed by atoms with Crippen LogP contribution in [0.1, 0.15) is 27.8 Å². The second-order valence-electron chi connectivity index (χ2n) is 10.6. The van der Waals surface area contributed by atoms with E-state index in [0.717, 1.165) is 5.56 Å². The molecule has 0 aliphatic carbocycles. The van der Waals surface area contributed by atoms with Crippen molar-refractivity contribution in [3.63, 3.8) is 0 Å². The van der Waals surface area contributed by atoms with E-state index in [4.69, 9.17) is 23.2 Å². The minimum atomic E-state index is -1.17. The van der Waals surface area contributed by atoms with Crippen LogP contribution in [-0.2, 0) is 20.9 Å². The molecule has 2 rings (SSSR count). The first-order valence-electron chi connectivity index (χ1n) is 12.3. The Hall–Kier alpha value is -0.950. The summed E-state index contributed by atoms with van der Waals surface area (Å²) in [7, 11) is 0. The monoisotopic (exact) mass is 584 g/mol.